The fourth-order valence-corrected chi connectivity index (χ4v) is 4.51. The lowest BCUT2D eigenvalue weighted by Crippen LogP contribution is -2.17. The van der Waals surface area contributed by atoms with Crippen LogP contribution in [0.1, 0.15) is 112 Å². The largest absolute Gasteiger partial charge is 0.0651 e. The summed E-state index contributed by atoms with van der Waals surface area (Å²) in [7, 11) is 0. The second-order valence-electron chi connectivity index (χ2n) is 8.54. The summed E-state index contributed by atoms with van der Waals surface area (Å²) < 4.78 is 0. The maximum Gasteiger partial charge on any atom is -0.0388 e. The van der Waals surface area contributed by atoms with Gasteiger partial charge < -0.3 is 0 Å². The summed E-state index contributed by atoms with van der Waals surface area (Å²) in [5, 5.41) is 0. The molecule has 0 amide bonds. The van der Waals surface area contributed by atoms with Gasteiger partial charge in [-0.15, -0.1) is 0 Å². The quantitative estimate of drug-likeness (QED) is 0.341. The minimum atomic E-state index is 0.924. The molecule has 22 heavy (non-hydrogen) atoms. The molecule has 0 nitrogen and oxygen atoms in total. The van der Waals surface area contributed by atoms with E-state index in [1.54, 1.807) is 0 Å². The van der Waals surface area contributed by atoms with Gasteiger partial charge >= 0.3 is 0 Å². The highest BCUT2D eigenvalue weighted by atomic mass is 14.3. The van der Waals surface area contributed by atoms with Crippen LogP contribution in [-0.4, -0.2) is 0 Å². The Morgan fingerprint density at radius 1 is 0.864 bits per heavy atom. The lowest BCUT2D eigenvalue weighted by Gasteiger charge is -2.29. The van der Waals surface area contributed by atoms with Gasteiger partial charge in [0.25, 0.3) is 0 Å². The van der Waals surface area contributed by atoms with Gasteiger partial charge in [0.1, 0.15) is 0 Å². The van der Waals surface area contributed by atoms with Crippen LogP contribution in [-0.2, 0) is 0 Å². The summed E-state index contributed by atoms with van der Waals surface area (Å²) in [5.74, 6) is 4.90. The molecule has 0 aromatic heterocycles. The van der Waals surface area contributed by atoms with Gasteiger partial charge in [-0.1, -0.05) is 112 Å². The Balaban J connectivity index is 2.17. The van der Waals surface area contributed by atoms with Crippen LogP contribution in [0.3, 0.4) is 0 Å². The zero-order valence-corrected chi connectivity index (χ0v) is 16.4. The molecule has 0 radical (unpaired) electrons. The highest BCUT2D eigenvalue weighted by Crippen LogP contribution is 2.34. The van der Waals surface area contributed by atoms with Crippen molar-refractivity contribution in [3.63, 3.8) is 0 Å². The minimum absolute atomic E-state index is 0.924. The maximum atomic E-state index is 2.51. The predicted molar refractivity (Wildman–Crippen MR) is 101 cm³/mol. The predicted octanol–water partition coefficient (Wildman–Crippen LogP) is 7.86. The van der Waals surface area contributed by atoms with Crippen molar-refractivity contribution in [2.24, 2.45) is 29.6 Å². The van der Waals surface area contributed by atoms with E-state index in [4.69, 9.17) is 0 Å². The van der Waals surface area contributed by atoms with Crippen molar-refractivity contribution in [1.29, 1.82) is 0 Å². The van der Waals surface area contributed by atoms with Crippen LogP contribution in [0.15, 0.2) is 0 Å². The monoisotopic (exact) mass is 308 g/mol. The lowest BCUT2D eigenvalue weighted by atomic mass is 9.77. The van der Waals surface area contributed by atoms with Crippen LogP contribution in [0.25, 0.3) is 0 Å². The SMILES string of the molecule is CCC(C)CCC(C)C(CC)CCCCC1CCCCC1C. The van der Waals surface area contributed by atoms with Crippen LogP contribution in [0.5, 0.6) is 0 Å². The molecule has 1 aliphatic carbocycles. The van der Waals surface area contributed by atoms with Crippen molar-refractivity contribution in [3.8, 4) is 0 Å². The van der Waals surface area contributed by atoms with E-state index >= 15 is 0 Å². The van der Waals surface area contributed by atoms with Crippen molar-refractivity contribution in [3.05, 3.63) is 0 Å². The summed E-state index contributed by atoms with van der Waals surface area (Å²) in [6.45, 7) is 12.2. The molecule has 0 bridgehead atoms. The van der Waals surface area contributed by atoms with Gasteiger partial charge in [-0.3, -0.25) is 0 Å². The van der Waals surface area contributed by atoms with E-state index in [0.717, 1.165) is 29.6 Å². The van der Waals surface area contributed by atoms with E-state index in [1.165, 1.54) is 77.0 Å². The highest BCUT2D eigenvalue weighted by Gasteiger charge is 2.21. The average molecular weight is 309 g/mol. The Hall–Kier alpha value is 0. The Labute approximate surface area is 141 Å². The van der Waals surface area contributed by atoms with Crippen molar-refractivity contribution < 1.29 is 0 Å². The highest BCUT2D eigenvalue weighted by molar-refractivity contribution is 4.73. The van der Waals surface area contributed by atoms with Crippen LogP contribution < -0.4 is 0 Å². The Morgan fingerprint density at radius 2 is 1.59 bits per heavy atom. The van der Waals surface area contributed by atoms with E-state index in [0.29, 0.717) is 0 Å². The number of rotatable bonds is 11. The second kappa shape index (κ2) is 11.5. The molecule has 0 aromatic carbocycles. The molecule has 0 aliphatic heterocycles. The van der Waals surface area contributed by atoms with Gasteiger partial charge in [-0.2, -0.15) is 0 Å². The molecule has 0 heterocycles. The van der Waals surface area contributed by atoms with E-state index in [1.807, 2.05) is 0 Å². The van der Waals surface area contributed by atoms with Crippen LogP contribution >= 0.6 is 0 Å². The molecular weight excluding hydrogens is 264 g/mol. The molecular formula is C22H44. The fraction of sp³-hybridized carbons (Fsp3) is 1.00. The lowest BCUT2D eigenvalue weighted by molar-refractivity contribution is 0.229. The van der Waals surface area contributed by atoms with Gasteiger partial charge in [-0.25, -0.2) is 0 Å². The molecule has 5 unspecified atom stereocenters. The van der Waals surface area contributed by atoms with E-state index in [-0.39, 0.29) is 0 Å². The molecule has 1 rings (SSSR count). The Morgan fingerprint density at radius 3 is 2.23 bits per heavy atom. The molecule has 132 valence electrons. The summed E-state index contributed by atoms with van der Waals surface area (Å²) in [4.78, 5) is 0. The Kier molecular flexibility index (Phi) is 10.5. The zero-order chi connectivity index (χ0) is 16.4. The summed E-state index contributed by atoms with van der Waals surface area (Å²) in [6, 6.07) is 0. The van der Waals surface area contributed by atoms with E-state index < -0.39 is 0 Å². The first-order valence-electron chi connectivity index (χ1n) is 10.6. The van der Waals surface area contributed by atoms with Crippen molar-refractivity contribution in [1.82, 2.24) is 0 Å². The molecule has 0 N–H and O–H groups in total. The normalized spacial score (nSPS) is 26.6. The zero-order valence-electron chi connectivity index (χ0n) is 16.4. The van der Waals surface area contributed by atoms with Gasteiger partial charge in [0.05, 0.1) is 0 Å². The first-order chi connectivity index (χ1) is 10.6. The third kappa shape index (κ3) is 7.51. The molecule has 1 saturated carbocycles. The van der Waals surface area contributed by atoms with Crippen molar-refractivity contribution in [2.75, 3.05) is 0 Å². The van der Waals surface area contributed by atoms with Gasteiger partial charge in [0, 0.05) is 0 Å². The van der Waals surface area contributed by atoms with E-state index in [2.05, 4.69) is 34.6 Å². The average Bonchev–Trinajstić information content (AvgIpc) is 2.53. The summed E-state index contributed by atoms with van der Waals surface area (Å²) >= 11 is 0. The smallest absolute Gasteiger partial charge is 0.0388 e. The second-order valence-corrected chi connectivity index (χ2v) is 8.54. The summed E-state index contributed by atoms with van der Waals surface area (Å²) in [5.41, 5.74) is 0. The number of unbranched alkanes of at least 4 members (excludes halogenated alkanes) is 1. The fourth-order valence-electron chi connectivity index (χ4n) is 4.51. The van der Waals surface area contributed by atoms with Crippen molar-refractivity contribution >= 4 is 0 Å². The molecule has 0 saturated heterocycles. The minimum Gasteiger partial charge on any atom is -0.0651 e. The van der Waals surface area contributed by atoms with Gasteiger partial charge in [0.2, 0.25) is 0 Å². The van der Waals surface area contributed by atoms with Crippen LogP contribution in [0, 0.1) is 29.6 Å². The third-order valence-electron chi connectivity index (χ3n) is 6.83. The van der Waals surface area contributed by atoms with Crippen LogP contribution in [0.4, 0.5) is 0 Å². The first kappa shape index (κ1) is 20.0. The first-order valence-corrected chi connectivity index (χ1v) is 10.6. The molecule has 1 aliphatic rings. The van der Waals surface area contributed by atoms with Gasteiger partial charge in [-0.05, 0) is 29.6 Å². The van der Waals surface area contributed by atoms with Gasteiger partial charge in [0.15, 0.2) is 0 Å². The molecule has 0 heteroatoms. The van der Waals surface area contributed by atoms with Crippen LogP contribution in [0.2, 0.25) is 0 Å². The number of hydrogen-bond donors (Lipinski definition) is 0. The Bertz CT molecular complexity index is 257. The standard InChI is InChI=1S/C22H44/c1-6-18(3)16-17-20(5)21(7-2)13-10-11-15-22-14-9-8-12-19(22)4/h18-22H,6-17H2,1-5H3. The third-order valence-corrected chi connectivity index (χ3v) is 6.83. The molecule has 0 aromatic rings. The van der Waals surface area contributed by atoms with Crippen molar-refractivity contribution in [2.45, 2.75) is 112 Å². The van der Waals surface area contributed by atoms with E-state index in [9.17, 15) is 0 Å². The summed E-state index contributed by atoms with van der Waals surface area (Å²) in [6.07, 6.45) is 17.6. The number of hydrogen-bond acceptors (Lipinski definition) is 0. The molecule has 5 atom stereocenters. The molecule has 1 fully saturated rings. The molecule has 0 spiro atoms. The topological polar surface area (TPSA) is 0 Å². The maximum absolute atomic E-state index is 2.51.